The van der Waals surface area contributed by atoms with Gasteiger partial charge in [-0.1, -0.05) is 36.4 Å². The van der Waals surface area contributed by atoms with Crippen LogP contribution in [0.2, 0.25) is 0 Å². The standard InChI is InChI=1S/C19H23NO/c20-14-4-5-15-10-12-17(13-11-15)21-19-9-3-7-16-6-1-2-8-18(16)19/h1-2,6,8,10-13,19H,3-5,7,9,14,20H2. The van der Waals surface area contributed by atoms with Gasteiger partial charge in [-0.05, 0) is 67.5 Å². The summed E-state index contributed by atoms with van der Waals surface area (Å²) in [5.74, 6) is 0.966. The molecule has 0 aliphatic heterocycles. The van der Waals surface area contributed by atoms with Crippen molar-refractivity contribution in [1.82, 2.24) is 0 Å². The third-order valence-electron chi connectivity index (χ3n) is 4.19. The summed E-state index contributed by atoms with van der Waals surface area (Å²) in [6, 6.07) is 17.1. The van der Waals surface area contributed by atoms with Gasteiger partial charge in [-0.25, -0.2) is 0 Å². The van der Waals surface area contributed by atoms with Gasteiger partial charge < -0.3 is 10.5 Å². The number of rotatable bonds is 5. The molecule has 21 heavy (non-hydrogen) atoms. The number of aryl methyl sites for hydroxylation is 2. The van der Waals surface area contributed by atoms with Gasteiger partial charge in [0.05, 0.1) is 0 Å². The molecular weight excluding hydrogens is 258 g/mol. The van der Waals surface area contributed by atoms with Crippen LogP contribution in [0.4, 0.5) is 0 Å². The molecule has 3 rings (SSSR count). The van der Waals surface area contributed by atoms with Crippen LogP contribution in [0.15, 0.2) is 48.5 Å². The lowest BCUT2D eigenvalue weighted by molar-refractivity contribution is 0.183. The van der Waals surface area contributed by atoms with E-state index in [1.54, 1.807) is 0 Å². The molecule has 2 aromatic carbocycles. The lowest BCUT2D eigenvalue weighted by atomic mass is 9.89. The van der Waals surface area contributed by atoms with Crippen LogP contribution >= 0.6 is 0 Å². The molecule has 1 unspecified atom stereocenters. The van der Waals surface area contributed by atoms with E-state index in [4.69, 9.17) is 10.5 Å². The molecule has 0 radical (unpaired) electrons. The van der Waals surface area contributed by atoms with Gasteiger partial charge in [0.1, 0.15) is 11.9 Å². The van der Waals surface area contributed by atoms with Crippen molar-refractivity contribution in [3.8, 4) is 5.75 Å². The van der Waals surface area contributed by atoms with Crippen LogP contribution in [0.5, 0.6) is 5.75 Å². The number of fused-ring (bicyclic) bond motifs is 1. The summed E-state index contributed by atoms with van der Waals surface area (Å²) in [6.07, 6.45) is 5.76. The Hall–Kier alpha value is -1.80. The molecule has 0 bridgehead atoms. The second-order valence-corrected chi connectivity index (χ2v) is 5.73. The molecule has 0 saturated heterocycles. The molecular formula is C19H23NO. The van der Waals surface area contributed by atoms with Gasteiger partial charge in [-0.15, -0.1) is 0 Å². The van der Waals surface area contributed by atoms with Crippen LogP contribution in [0, 0.1) is 0 Å². The fraction of sp³-hybridized carbons (Fsp3) is 0.368. The van der Waals surface area contributed by atoms with E-state index < -0.39 is 0 Å². The predicted octanol–water partition coefficient (Wildman–Crippen LogP) is 4.03. The second kappa shape index (κ2) is 6.77. The summed E-state index contributed by atoms with van der Waals surface area (Å²) in [7, 11) is 0. The lowest BCUT2D eigenvalue weighted by Gasteiger charge is -2.26. The summed E-state index contributed by atoms with van der Waals surface area (Å²) < 4.78 is 6.22. The molecule has 0 aromatic heterocycles. The molecule has 2 heteroatoms. The molecule has 0 heterocycles. The van der Waals surface area contributed by atoms with Gasteiger partial charge in [0.2, 0.25) is 0 Å². The highest BCUT2D eigenvalue weighted by atomic mass is 16.5. The lowest BCUT2D eigenvalue weighted by Crippen LogP contribution is -2.15. The molecule has 1 aliphatic carbocycles. The van der Waals surface area contributed by atoms with E-state index in [0.717, 1.165) is 31.6 Å². The Morgan fingerprint density at radius 1 is 1.05 bits per heavy atom. The number of hydrogen-bond acceptors (Lipinski definition) is 2. The summed E-state index contributed by atoms with van der Waals surface area (Å²) in [4.78, 5) is 0. The Labute approximate surface area is 126 Å². The number of nitrogens with two attached hydrogens (primary N) is 1. The Morgan fingerprint density at radius 2 is 1.86 bits per heavy atom. The number of ether oxygens (including phenoxy) is 1. The highest BCUT2D eigenvalue weighted by Gasteiger charge is 2.21. The summed E-state index contributed by atoms with van der Waals surface area (Å²) in [5, 5.41) is 0. The van der Waals surface area contributed by atoms with E-state index in [1.165, 1.54) is 29.5 Å². The Bertz CT molecular complexity index is 576. The van der Waals surface area contributed by atoms with E-state index in [9.17, 15) is 0 Å². The Morgan fingerprint density at radius 3 is 2.67 bits per heavy atom. The smallest absolute Gasteiger partial charge is 0.124 e. The zero-order chi connectivity index (χ0) is 14.5. The zero-order valence-corrected chi connectivity index (χ0v) is 12.4. The van der Waals surface area contributed by atoms with Crippen molar-refractivity contribution in [3.05, 3.63) is 65.2 Å². The fourth-order valence-electron chi connectivity index (χ4n) is 3.04. The van der Waals surface area contributed by atoms with Crippen molar-refractivity contribution < 1.29 is 4.74 Å². The molecule has 110 valence electrons. The maximum atomic E-state index is 6.22. The van der Waals surface area contributed by atoms with Gasteiger partial charge in [-0.2, -0.15) is 0 Å². The van der Waals surface area contributed by atoms with Gasteiger partial charge in [0.15, 0.2) is 0 Å². The summed E-state index contributed by atoms with van der Waals surface area (Å²) in [6.45, 7) is 0.747. The predicted molar refractivity (Wildman–Crippen MR) is 86.6 cm³/mol. The first-order valence-electron chi connectivity index (χ1n) is 7.90. The van der Waals surface area contributed by atoms with Gasteiger partial charge in [0, 0.05) is 0 Å². The average molecular weight is 281 g/mol. The molecule has 0 saturated carbocycles. The quantitative estimate of drug-likeness (QED) is 0.898. The molecule has 2 aromatic rings. The van der Waals surface area contributed by atoms with Crippen molar-refractivity contribution in [2.75, 3.05) is 6.54 Å². The van der Waals surface area contributed by atoms with Crippen molar-refractivity contribution in [2.45, 2.75) is 38.2 Å². The van der Waals surface area contributed by atoms with Crippen molar-refractivity contribution in [3.63, 3.8) is 0 Å². The summed E-state index contributed by atoms with van der Waals surface area (Å²) in [5.41, 5.74) is 9.68. The third kappa shape index (κ3) is 3.45. The number of benzene rings is 2. The Balaban J connectivity index is 1.70. The third-order valence-corrected chi connectivity index (χ3v) is 4.19. The largest absolute Gasteiger partial charge is 0.486 e. The first-order chi connectivity index (χ1) is 10.4. The maximum absolute atomic E-state index is 6.22. The minimum Gasteiger partial charge on any atom is -0.486 e. The molecule has 0 amide bonds. The normalized spacial score (nSPS) is 17.3. The topological polar surface area (TPSA) is 35.2 Å². The minimum atomic E-state index is 0.199. The molecule has 1 aliphatic rings. The van der Waals surface area contributed by atoms with Crippen molar-refractivity contribution in [2.24, 2.45) is 5.73 Å². The molecule has 0 spiro atoms. The zero-order valence-electron chi connectivity index (χ0n) is 12.4. The van der Waals surface area contributed by atoms with Crippen LogP contribution in [0.3, 0.4) is 0 Å². The highest BCUT2D eigenvalue weighted by molar-refractivity contribution is 5.33. The second-order valence-electron chi connectivity index (χ2n) is 5.73. The highest BCUT2D eigenvalue weighted by Crippen LogP contribution is 2.33. The van der Waals surface area contributed by atoms with E-state index >= 15 is 0 Å². The van der Waals surface area contributed by atoms with Crippen LogP contribution in [-0.4, -0.2) is 6.54 Å². The van der Waals surface area contributed by atoms with Crippen LogP contribution < -0.4 is 10.5 Å². The molecule has 2 nitrogen and oxygen atoms in total. The van der Waals surface area contributed by atoms with Crippen LogP contribution in [-0.2, 0) is 12.8 Å². The van der Waals surface area contributed by atoms with Crippen molar-refractivity contribution in [1.29, 1.82) is 0 Å². The molecule has 1 atom stereocenters. The average Bonchev–Trinajstić information content (AvgIpc) is 2.55. The summed E-state index contributed by atoms with van der Waals surface area (Å²) >= 11 is 0. The monoisotopic (exact) mass is 281 g/mol. The van der Waals surface area contributed by atoms with E-state index in [-0.39, 0.29) is 6.10 Å². The van der Waals surface area contributed by atoms with E-state index in [0.29, 0.717) is 0 Å². The Kier molecular flexibility index (Phi) is 4.56. The molecule has 2 N–H and O–H groups in total. The first-order valence-corrected chi connectivity index (χ1v) is 7.90. The fourth-order valence-corrected chi connectivity index (χ4v) is 3.04. The molecule has 0 fully saturated rings. The first kappa shape index (κ1) is 14.2. The van der Waals surface area contributed by atoms with Gasteiger partial charge >= 0.3 is 0 Å². The van der Waals surface area contributed by atoms with E-state index in [1.807, 2.05) is 0 Å². The van der Waals surface area contributed by atoms with Crippen LogP contribution in [0.1, 0.15) is 42.1 Å². The minimum absolute atomic E-state index is 0.199. The number of hydrogen-bond donors (Lipinski definition) is 1. The van der Waals surface area contributed by atoms with Gasteiger partial charge in [0.25, 0.3) is 0 Å². The SMILES string of the molecule is NCCCc1ccc(OC2CCCc3ccccc32)cc1. The maximum Gasteiger partial charge on any atom is 0.124 e. The van der Waals surface area contributed by atoms with Crippen molar-refractivity contribution >= 4 is 0 Å². The van der Waals surface area contributed by atoms with E-state index in [2.05, 4.69) is 48.5 Å². The van der Waals surface area contributed by atoms with Gasteiger partial charge in [-0.3, -0.25) is 0 Å². The van der Waals surface area contributed by atoms with Crippen LogP contribution in [0.25, 0.3) is 0 Å².